The van der Waals surface area contributed by atoms with E-state index >= 15 is 0 Å². The summed E-state index contributed by atoms with van der Waals surface area (Å²) in [5, 5.41) is 17.2. The van der Waals surface area contributed by atoms with Crippen LogP contribution in [0, 0.1) is 6.92 Å². The van der Waals surface area contributed by atoms with Gasteiger partial charge in [-0.25, -0.2) is 20.0 Å². The lowest BCUT2D eigenvalue weighted by Gasteiger charge is -2.36. The summed E-state index contributed by atoms with van der Waals surface area (Å²) in [5.74, 6) is 2.74. The molecule has 208 valence electrons. The molecule has 40 heavy (non-hydrogen) atoms. The largest absolute Gasteiger partial charge is 0.457 e. The Labute approximate surface area is 233 Å². The van der Waals surface area contributed by atoms with Crippen LogP contribution in [0.2, 0.25) is 0 Å². The Morgan fingerprint density at radius 2 is 2.08 bits per heavy atom. The van der Waals surface area contributed by atoms with Crippen LogP contribution in [-0.2, 0) is 11.8 Å². The van der Waals surface area contributed by atoms with Crippen LogP contribution in [0.5, 0.6) is 11.5 Å². The summed E-state index contributed by atoms with van der Waals surface area (Å²) >= 11 is 0. The van der Waals surface area contributed by atoms with Gasteiger partial charge in [-0.15, -0.1) is 0 Å². The minimum absolute atomic E-state index is 0.310. The van der Waals surface area contributed by atoms with Gasteiger partial charge >= 0.3 is 0 Å². The topological polar surface area (TPSA) is 118 Å². The van der Waals surface area contributed by atoms with E-state index in [0.717, 1.165) is 45.8 Å². The Balaban J connectivity index is 1.37. The number of amidine groups is 1. The summed E-state index contributed by atoms with van der Waals surface area (Å²) < 4.78 is 13.3. The van der Waals surface area contributed by atoms with Crippen molar-refractivity contribution in [1.29, 1.82) is 0 Å². The smallest absolute Gasteiger partial charge is 0.160 e. The number of anilines is 1. The summed E-state index contributed by atoms with van der Waals surface area (Å²) in [5.41, 5.74) is 5.22. The maximum atomic E-state index is 10.5. The highest BCUT2D eigenvalue weighted by Gasteiger charge is 2.36. The minimum Gasteiger partial charge on any atom is -0.457 e. The molecule has 1 aromatic heterocycles. The van der Waals surface area contributed by atoms with E-state index in [9.17, 15) is 5.11 Å². The Hall–Kier alpha value is -4.28. The molecule has 0 saturated carbocycles. The zero-order valence-electron chi connectivity index (χ0n) is 23.5. The van der Waals surface area contributed by atoms with E-state index in [1.807, 2.05) is 74.9 Å². The van der Waals surface area contributed by atoms with Crippen molar-refractivity contribution in [1.82, 2.24) is 14.9 Å². The molecule has 3 heterocycles. The molecule has 0 radical (unpaired) electrons. The molecule has 1 fully saturated rings. The molecule has 0 spiro atoms. The van der Waals surface area contributed by atoms with Crippen molar-refractivity contribution in [2.75, 3.05) is 25.1 Å². The molecule has 10 nitrogen and oxygen atoms in total. The number of fused-ring (bicyclic) bond motifs is 1. The maximum absolute atomic E-state index is 10.5. The Morgan fingerprint density at radius 1 is 1.25 bits per heavy atom. The fourth-order valence-corrected chi connectivity index (χ4v) is 4.34. The monoisotopic (exact) mass is 541 g/mol. The molecule has 0 unspecified atom stereocenters. The first-order valence-electron chi connectivity index (χ1n) is 13.3. The van der Waals surface area contributed by atoms with Gasteiger partial charge in [0.1, 0.15) is 35.0 Å². The third-order valence-electron chi connectivity index (χ3n) is 6.97. The highest BCUT2D eigenvalue weighted by atomic mass is 16.5. The fourth-order valence-electron chi connectivity index (χ4n) is 4.34. The predicted molar refractivity (Wildman–Crippen MR) is 159 cm³/mol. The number of nitrogens with one attached hydrogen (secondary N) is 2. The highest BCUT2D eigenvalue weighted by molar-refractivity contribution is 6.52. The summed E-state index contributed by atoms with van der Waals surface area (Å²) in [6.45, 7) is 8.98. The van der Waals surface area contributed by atoms with Gasteiger partial charge in [-0.3, -0.25) is 0 Å². The molecule has 3 aromatic rings. The number of imidazole rings is 1. The third-order valence-corrected chi connectivity index (χ3v) is 6.97. The second kappa shape index (κ2) is 11.4. The van der Waals surface area contributed by atoms with E-state index in [2.05, 4.69) is 32.5 Å². The SMILES string of the molecule is C/C=C1/N=CN=C(Nc2ccc(Oc3ccc4c(c3)ncn4C)c(C)c2)/C1=N/C(NCC1(O)COC1)=C(\C)CC. The molecular formula is C30H35N7O3. The van der Waals surface area contributed by atoms with E-state index in [-0.39, 0.29) is 0 Å². The number of aromatic nitrogens is 2. The zero-order valence-corrected chi connectivity index (χ0v) is 23.5. The molecule has 0 atom stereocenters. The lowest BCUT2D eigenvalue weighted by atomic mass is 10.0. The van der Waals surface area contributed by atoms with Gasteiger partial charge in [-0.1, -0.05) is 13.0 Å². The summed E-state index contributed by atoms with van der Waals surface area (Å²) in [7, 11) is 1.97. The Kier molecular flexibility index (Phi) is 7.81. The lowest BCUT2D eigenvalue weighted by molar-refractivity contribution is -0.173. The Morgan fingerprint density at radius 3 is 2.77 bits per heavy atom. The molecule has 2 aliphatic rings. The van der Waals surface area contributed by atoms with E-state index in [1.54, 1.807) is 6.33 Å². The fraction of sp³-hybridized carbons (Fsp3) is 0.333. The van der Waals surface area contributed by atoms with Gasteiger partial charge in [0.05, 0.1) is 36.3 Å². The highest BCUT2D eigenvalue weighted by Crippen LogP contribution is 2.29. The number of ether oxygens (including phenoxy) is 2. The number of nitrogens with zero attached hydrogens (tertiary/aromatic N) is 5. The number of aryl methyl sites for hydroxylation is 2. The van der Waals surface area contributed by atoms with Gasteiger partial charge in [-0.05, 0) is 68.7 Å². The van der Waals surface area contributed by atoms with Gasteiger partial charge in [-0.2, -0.15) is 0 Å². The molecule has 2 aromatic carbocycles. The first-order valence-corrected chi connectivity index (χ1v) is 13.3. The molecule has 0 aliphatic carbocycles. The normalized spacial score (nSPS) is 18.9. The average molecular weight is 542 g/mol. The van der Waals surface area contributed by atoms with Crippen molar-refractivity contribution in [3.05, 3.63) is 71.5 Å². The zero-order chi connectivity index (χ0) is 28.3. The molecule has 10 heteroatoms. The van der Waals surface area contributed by atoms with Gasteiger partial charge in [0.25, 0.3) is 0 Å². The van der Waals surface area contributed by atoms with Gasteiger partial charge < -0.3 is 29.8 Å². The second-order valence-corrected chi connectivity index (χ2v) is 10.1. The number of hydrogen-bond donors (Lipinski definition) is 3. The van der Waals surface area contributed by atoms with Crippen LogP contribution < -0.4 is 15.4 Å². The number of allylic oxidation sites excluding steroid dienone is 2. The van der Waals surface area contributed by atoms with Crippen molar-refractivity contribution in [2.45, 2.75) is 39.7 Å². The average Bonchev–Trinajstić information content (AvgIpc) is 3.31. The van der Waals surface area contributed by atoms with Crippen molar-refractivity contribution in [2.24, 2.45) is 22.0 Å². The minimum atomic E-state index is -0.881. The predicted octanol–water partition coefficient (Wildman–Crippen LogP) is 4.86. The van der Waals surface area contributed by atoms with Crippen LogP contribution >= 0.6 is 0 Å². The van der Waals surface area contributed by atoms with Crippen molar-refractivity contribution in [3.8, 4) is 11.5 Å². The van der Waals surface area contributed by atoms with E-state index in [0.29, 0.717) is 42.8 Å². The molecule has 2 aliphatic heterocycles. The summed E-state index contributed by atoms with van der Waals surface area (Å²) in [6.07, 6.45) is 6.02. The van der Waals surface area contributed by atoms with Crippen LogP contribution in [0.4, 0.5) is 5.69 Å². The van der Waals surface area contributed by atoms with Crippen molar-refractivity contribution < 1.29 is 14.6 Å². The van der Waals surface area contributed by atoms with E-state index in [4.69, 9.17) is 14.5 Å². The first-order chi connectivity index (χ1) is 19.3. The molecule has 5 rings (SSSR count). The van der Waals surface area contributed by atoms with Crippen LogP contribution in [0.3, 0.4) is 0 Å². The number of aliphatic imine (C=N–C) groups is 3. The molecule has 3 N–H and O–H groups in total. The molecule has 0 amide bonds. The number of hydrogen-bond acceptors (Lipinski definition) is 9. The van der Waals surface area contributed by atoms with E-state index < -0.39 is 5.60 Å². The third kappa shape index (κ3) is 5.83. The van der Waals surface area contributed by atoms with Crippen molar-refractivity contribution in [3.63, 3.8) is 0 Å². The second-order valence-electron chi connectivity index (χ2n) is 10.1. The molecule has 1 saturated heterocycles. The number of benzene rings is 2. The van der Waals surface area contributed by atoms with Gasteiger partial charge in [0.2, 0.25) is 0 Å². The van der Waals surface area contributed by atoms with E-state index in [1.165, 1.54) is 6.34 Å². The Bertz CT molecular complexity index is 1580. The van der Waals surface area contributed by atoms with Crippen molar-refractivity contribution >= 4 is 34.6 Å². The van der Waals surface area contributed by atoms with Crippen LogP contribution in [0.15, 0.2) is 80.9 Å². The summed E-state index contributed by atoms with van der Waals surface area (Å²) in [4.78, 5) is 18.3. The maximum Gasteiger partial charge on any atom is 0.160 e. The summed E-state index contributed by atoms with van der Waals surface area (Å²) in [6, 6.07) is 11.8. The first kappa shape index (κ1) is 27.3. The standard InChI is InChI=1S/C30H35N7O3/c1-6-19(3)28(31-14-30(38)15-39-16-30)36-27-23(7-2)32-17-33-29(27)35-21-8-11-26(20(4)12-21)40-22-9-10-25-24(13-22)34-18-37(25)5/h7-13,17-18,31,38H,6,14-16H2,1-5H3,(H,32,33,35)/b23-7+,28-19+,36-27+. The lowest BCUT2D eigenvalue weighted by Crippen LogP contribution is -2.56. The number of rotatable bonds is 8. The van der Waals surface area contributed by atoms with Crippen LogP contribution in [0.25, 0.3) is 11.0 Å². The molecular weight excluding hydrogens is 506 g/mol. The quantitative estimate of drug-likeness (QED) is 0.375. The molecule has 0 bridgehead atoms. The van der Waals surface area contributed by atoms with Gasteiger partial charge in [0, 0.05) is 25.3 Å². The van der Waals surface area contributed by atoms with Gasteiger partial charge in [0.15, 0.2) is 5.84 Å². The van der Waals surface area contributed by atoms with Crippen LogP contribution in [0.1, 0.15) is 32.8 Å². The number of aliphatic hydroxyl groups is 1. The van der Waals surface area contributed by atoms with Crippen LogP contribution in [-0.4, -0.2) is 57.9 Å².